The van der Waals surface area contributed by atoms with Crippen molar-refractivity contribution in [2.45, 2.75) is 98.7 Å². The van der Waals surface area contributed by atoms with E-state index in [1.54, 1.807) is 73.9 Å². The molecule has 0 bridgehead atoms. The summed E-state index contributed by atoms with van der Waals surface area (Å²) in [6, 6.07) is 32.8. The molecule has 0 aromatic heterocycles. The molecule has 5 aromatic rings. The Morgan fingerprint density at radius 2 is 1.07 bits per heavy atom. The zero-order valence-electron chi connectivity index (χ0n) is 59.0. The number of esters is 1. The Morgan fingerprint density at radius 1 is 0.548 bits per heavy atom. The van der Waals surface area contributed by atoms with Crippen molar-refractivity contribution >= 4 is 99.1 Å². The SMILES string of the molecule is COCCOCCOCCOCCOCCOCCN1C(=CC=CC=CC=CC2=[N+](CCCCCC(=O)CCCNC(=O)c3ccc(C(=O)OC)c(P(c4ccccc4)c4ccccc4)c3)c3ccc(S(=O)(=O)O)cc3C2(C)CCCS(=O)(=O)O)C(C)(CCCS(=O)(=O)O)c2cc(S(=O)(=O)O)ccc21. The summed E-state index contributed by atoms with van der Waals surface area (Å²) >= 11 is 0. The van der Waals surface area contributed by atoms with Gasteiger partial charge in [0.05, 0.1) is 112 Å². The van der Waals surface area contributed by atoms with Gasteiger partial charge in [-0.3, -0.25) is 27.8 Å². The molecule has 104 heavy (non-hydrogen) atoms. The number of unbranched alkanes of at least 4 members (excludes halogenated alkanes) is 2. The minimum Gasteiger partial charge on any atom is -0.465 e. The van der Waals surface area contributed by atoms with Crippen LogP contribution in [0.25, 0.3) is 0 Å². The average Bonchev–Trinajstić information content (AvgIpc) is 1.58. The summed E-state index contributed by atoms with van der Waals surface area (Å²) in [5.74, 6) is -2.04. The van der Waals surface area contributed by atoms with Crippen molar-refractivity contribution in [1.82, 2.24) is 5.32 Å². The van der Waals surface area contributed by atoms with Crippen LogP contribution in [0, 0.1) is 0 Å². The zero-order valence-corrected chi connectivity index (χ0v) is 63.2. The smallest absolute Gasteiger partial charge is 0.338 e. The van der Waals surface area contributed by atoms with Gasteiger partial charge in [0.15, 0.2) is 5.71 Å². The van der Waals surface area contributed by atoms with Crippen molar-refractivity contribution < 1.29 is 104 Å². The minimum absolute atomic E-state index is 0.00413. The van der Waals surface area contributed by atoms with Crippen LogP contribution in [0.15, 0.2) is 173 Å². The number of methoxy groups -OCH3 is 2. The standard InChI is InChI=1S/C74H94N3O22PS4/c1-73(36-20-52-101(81,82)83)64-55-61(103(87,88)89)31-34-66(64)76(39-18-10-11-22-58(78)23-19-38-75-71(79)57-30-33-63(72(80)94-4)68(54-57)100(59-24-12-8-13-25-59)60-26-14-9-15-27-60)69(73)28-16-6-5-7-17-29-70-74(2,37-21-53-102(84,85)86)65-56-62(104(90,91)92)32-35-67(65)77(70)40-41-95-44-45-97-48-49-99-51-50-98-47-46-96-43-42-93-3/h5-9,12-17,24-35,54-56H,10-11,18-23,36-53H2,1-4H3,(H4-,75,79,81,82,83,84,85,86,87,88,89,90,91,92)/p+1. The lowest BCUT2D eigenvalue weighted by Gasteiger charge is -2.30. The van der Waals surface area contributed by atoms with Gasteiger partial charge in [0.25, 0.3) is 46.4 Å². The Hall–Kier alpha value is -7.03. The van der Waals surface area contributed by atoms with Crippen molar-refractivity contribution in [2.75, 3.05) is 123 Å². The first-order valence-corrected chi connectivity index (χ1v) is 41.6. The van der Waals surface area contributed by atoms with E-state index >= 15 is 0 Å². The van der Waals surface area contributed by atoms with Crippen molar-refractivity contribution in [3.63, 3.8) is 0 Å². The number of anilines is 1. The first-order valence-electron chi connectivity index (χ1n) is 34.2. The molecule has 25 nitrogen and oxygen atoms in total. The first kappa shape index (κ1) is 84.2. The predicted octanol–water partition coefficient (Wildman–Crippen LogP) is 8.82. The van der Waals surface area contributed by atoms with Crippen molar-refractivity contribution in [3.05, 3.63) is 186 Å². The van der Waals surface area contributed by atoms with Crippen LogP contribution >= 0.6 is 7.92 Å². The predicted molar refractivity (Wildman–Crippen MR) is 399 cm³/mol. The van der Waals surface area contributed by atoms with E-state index in [0.717, 1.165) is 10.6 Å². The molecule has 2 unspecified atom stereocenters. The summed E-state index contributed by atoms with van der Waals surface area (Å²) in [4.78, 5) is 41.3. The molecule has 0 fully saturated rings. The number of carbonyl (C=O) groups excluding carboxylic acids is 3. The number of hydrogen-bond acceptors (Lipinski definition) is 19. The number of nitrogens with one attached hydrogen (secondary N) is 1. The molecular weight excluding hydrogens is 1440 g/mol. The van der Waals surface area contributed by atoms with Gasteiger partial charge in [-0.2, -0.15) is 38.2 Å². The third kappa shape index (κ3) is 25.3. The number of carbonyl (C=O) groups is 3. The van der Waals surface area contributed by atoms with Crippen LogP contribution in [0.1, 0.15) is 110 Å². The molecule has 30 heteroatoms. The van der Waals surface area contributed by atoms with E-state index in [9.17, 15) is 66.3 Å². The molecular formula is C74H95N3O22PS4+. The molecule has 2 aliphatic heterocycles. The first-order chi connectivity index (χ1) is 49.6. The van der Waals surface area contributed by atoms with Gasteiger partial charge in [0, 0.05) is 84.8 Å². The van der Waals surface area contributed by atoms with E-state index in [0.29, 0.717) is 135 Å². The van der Waals surface area contributed by atoms with Crippen LogP contribution in [0.2, 0.25) is 0 Å². The molecule has 1 amide bonds. The lowest BCUT2D eigenvalue weighted by atomic mass is 9.76. The summed E-state index contributed by atoms with van der Waals surface area (Å²) in [6.07, 6.45) is 15.0. The van der Waals surface area contributed by atoms with Crippen LogP contribution in [-0.2, 0) is 89.3 Å². The molecule has 2 aliphatic rings. The summed E-state index contributed by atoms with van der Waals surface area (Å²) in [6.45, 7) is 8.43. The number of benzene rings is 5. The molecule has 7 rings (SSSR count). The van der Waals surface area contributed by atoms with Crippen LogP contribution in [-0.4, -0.2) is 198 Å². The van der Waals surface area contributed by atoms with Gasteiger partial charge in [-0.25, -0.2) is 4.79 Å². The molecule has 0 radical (unpaired) electrons. The van der Waals surface area contributed by atoms with Crippen LogP contribution < -0.4 is 26.1 Å². The van der Waals surface area contributed by atoms with Crippen LogP contribution in [0.4, 0.5) is 11.4 Å². The van der Waals surface area contributed by atoms with Gasteiger partial charge in [0.2, 0.25) is 5.69 Å². The number of allylic oxidation sites excluding steroid dienone is 8. The molecule has 5 aromatic carbocycles. The second-order valence-corrected chi connectivity index (χ2v) is 33.3. The minimum atomic E-state index is -4.70. The second-order valence-electron chi connectivity index (χ2n) is 25.1. The van der Waals surface area contributed by atoms with Crippen LogP contribution in [0.5, 0.6) is 0 Å². The van der Waals surface area contributed by atoms with Crippen molar-refractivity contribution in [3.8, 4) is 0 Å². The van der Waals surface area contributed by atoms with E-state index in [2.05, 4.69) is 5.32 Å². The van der Waals surface area contributed by atoms with Gasteiger partial charge < -0.3 is 43.4 Å². The lowest BCUT2D eigenvalue weighted by Crippen LogP contribution is -2.32. The Kier molecular flexibility index (Phi) is 32.9. The van der Waals surface area contributed by atoms with E-state index in [-0.39, 0.29) is 92.9 Å². The van der Waals surface area contributed by atoms with Gasteiger partial charge in [-0.05, 0) is 137 Å². The highest BCUT2D eigenvalue weighted by Gasteiger charge is 2.48. The summed E-state index contributed by atoms with van der Waals surface area (Å²) in [5.41, 5.74) is 1.97. The highest BCUT2D eigenvalue weighted by atomic mass is 32.2. The fourth-order valence-corrected chi connectivity index (χ4v) is 17.1. The Labute approximate surface area is 612 Å². The quantitative estimate of drug-likeness (QED) is 0.00606. The molecule has 2 heterocycles. The van der Waals surface area contributed by atoms with E-state index in [1.165, 1.54) is 31.4 Å². The lowest BCUT2D eigenvalue weighted by molar-refractivity contribution is -0.438. The topological polar surface area (TPSA) is 352 Å². The van der Waals surface area contributed by atoms with Gasteiger partial charge >= 0.3 is 5.97 Å². The fraction of sp³-hybridized carbons (Fsp3) is 0.432. The maximum absolute atomic E-state index is 13.7. The van der Waals surface area contributed by atoms with E-state index in [4.69, 9.17) is 33.2 Å². The van der Waals surface area contributed by atoms with E-state index < -0.39 is 76.7 Å². The van der Waals surface area contributed by atoms with Crippen LogP contribution in [0.3, 0.4) is 0 Å². The molecule has 566 valence electrons. The molecule has 0 saturated heterocycles. The fourth-order valence-electron chi connectivity index (χ4n) is 12.6. The van der Waals surface area contributed by atoms with E-state index in [1.807, 2.05) is 90.1 Å². The Morgan fingerprint density at radius 3 is 1.62 bits per heavy atom. The number of nitrogens with zero attached hydrogens (tertiary/aromatic N) is 2. The number of ketones is 1. The largest absolute Gasteiger partial charge is 0.465 e. The number of amides is 1. The molecule has 2 atom stereocenters. The number of rotatable bonds is 47. The highest BCUT2D eigenvalue weighted by molar-refractivity contribution is 7.86. The molecule has 5 N–H and O–H groups in total. The summed E-state index contributed by atoms with van der Waals surface area (Å²) < 4.78 is 178. The summed E-state index contributed by atoms with van der Waals surface area (Å²) in [5, 5.41) is 5.56. The average molecular weight is 1540 g/mol. The highest BCUT2D eigenvalue weighted by Crippen LogP contribution is 2.51. The monoisotopic (exact) mass is 1540 g/mol. The summed E-state index contributed by atoms with van der Waals surface area (Å²) in [7, 11) is -16.5. The third-order valence-corrected chi connectivity index (χ3v) is 23.5. The number of ether oxygens (including phenoxy) is 7. The number of Topliss-reactive ketones (excluding diaryl/α,β-unsaturated/α-hetero) is 1. The maximum atomic E-state index is 13.7. The van der Waals surface area contributed by atoms with Crippen molar-refractivity contribution in [1.29, 1.82) is 0 Å². The molecule has 0 aliphatic carbocycles. The molecule has 0 saturated carbocycles. The zero-order chi connectivity index (χ0) is 75.4. The molecule has 0 spiro atoms. The second kappa shape index (κ2) is 40.6. The Balaban J connectivity index is 1.03. The van der Waals surface area contributed by atoms with Gasteiger partial charge in [-0.1, -0.05) is 91.0 Å². The van der Waals surface area contributed by atoms with Gasteiger partial charge in [-0.15, -0.1) is 0 Å². The number of fused-ring (bicyclic) bond motifs is 2. The normalized spacial score (nSPS) is 16.8. The van der Waals surface area contributed by atoms with Gasteiger partial charge in [0.1, 0.15) is 12.3 Å². The maximum Gasteiger partial charge on any atom is 0.338 e. The third-order valence-electron chi connectivity index (χ3n) is 17.7. The van der Waals surface area contributed by atoms with Crippen molar-refractivity contribution in [2.24, 2.45) is 0 Å². The number of hydrogen-bond donors (Lipinski definition) is 5. The Bertz CT molecular complexity index is 4310.